The Kier molecular flexibility index (Phi) is 4.01. The number of hydrogen-bond acceptors (Lipinski definition) is 4. The Hall–Kier alpha value is -3.41. The van der Waals surface area contributed by atoms with Crippen molar-refractivity contribution in [3.05, 3.63) is 77.7 Å². The molecule has 2 N–H and O–H groups in total. The molecule has 1 aliphatic carbocycles. The first kappa shape index (κ1) is 16.1. The molecule has 5 nitrogen and oxygen atoms in total. The Bertz CT molecular complexity index is 945. The number of amides is 1. The fraction of sp³-hybridized carbons (Fsp3) is 0.100. The molecule has 130 valence electrons. The van der Waals surface area contributed by atoms with Gasteiger partial charge in [0.25, 0.3) is 0 Å². The van der Waals surface area contributed by atoms with Crippen molar-refractivity contribution in [2.24, 2.45) is 0 Å². The van der Waals surface area contributed by atoms with Gasteiger partial charge in [-0.3, -0.25) is 5.32 Å². The molecule has 0 bridgehead atoms. The number of anilines is 1. The summed E-state index contributed by atoms with van der Waals surface area (Å²) < 4.78 is 19.0. The highest BCUT2D eigenvalue weighted by molar-refractivity contribution is 5.84. The summed E-state index contributed by atoms with van der Waals surface area (Å²) in [5, 5.41) is 11.4. The van der Waals surface area contributed by atoms with E-state index in [0.29, 0.717) is 0 Å². The lowest BCUT2D eigenvalue weighted by Gasteiger charge is -2.14. The lowest BCUT2D eigenvalue weighted by atomic mass is 9.98. The average Bonchev–Trinajstić information content (AvgIpc) is 2.96. The quantitative estimate of drug-likeness (QED) is 0.739. The van der Waals surface area contributed by atoms with E-state index in [1.54, 1.807) is 0 Å². The molecule has 6 heteroatoms. The molecule has 0 saturated carbocycles. The topological polar surface area (TPSA) is 71.5 Å². The van der Waals surface area contributed by atoms with Crippen molar-refractivity contribution in [3.8, 4) is 16.9 Å². The SMILES string of the molecule is O=C(Nc1ncc(O)cc1F)OCC1c2ccccc2-c2ccccc21. The predicted molar refractivity (Wildman–Crippen MR) is 94.6 cm³/mol. The minimum Gasteiger partial charge on any atom is -0.506 e. The molecule has 0 radical (unpaired) electrons. The van der Waals surface area contributed by atoms with Crippen LogP contribution in [0, 0.1) is 5.82 Å². The molecule has 3 aromatic rings. The minimum absolute atomic E-state index is 0.0780. The van der Waals surface area contributed by atoms with Crippen LogP contribution in [0.25, 0.3) is 11.1 Å². The van der Waals surface area contributed by atoms with Crippen LogP contribution < -0.4 is 5.32 Å². The van der Waals surface area contributed by atoms with Crippen LogP contribution in [0.5, 0.6) is 5.75 Å². The molecule has 4 rings (SSSR count). The summed E-state index contributed by atoms with van der Waals surface area (Å²) in [6.45, 7) is 0.125. The van der Waals surface area contributed by atoms with E-state index in [-0.39, 0.29) is 24.1 Å². The third-order valence-electron chi connectivity index (χ3n) is 4.39. The Balaban J connectivity index is 1.50. The van der Waals surface area contributed by atoms with Gasteiger partial charge < -0.3 is 9.84 Å². The van der Waals surface area contributed by atoms with Gasteiger partial charge in [0.2, 0.25) is 0 Å². The number of aromatic nitrogens is 1. The lowest BCUT2D eigenvalue weighted by molar-refractivity contribution is 0.158. The van der Waals surface area contributed by atoms with Crippen LogP contribution >= 0.6 is 0 Å². The molecule has 0 atom stereocenters. The molecular weight excluding hydrogens is 335 g/mol. The average molecular weight is 350 g/mol. The zero-order valence-corrected chi connectivity index (χ0v) is 13.6. The molecule has 0 spiro atoms. The summed E-state index contributed by atoms with van der Waals surface area (Å²) in [5.74, 6) is -1.52. The van der Waals surface area contributed by atoms with Gasteiger partial charge in [-0.25, -0.2) is 14.2 Å². The third kappa shape index (κ3) is 2.86. The van der Waals surface area contributed by atoms with E-state index >= 15 is 0 Å². The largest absolute Gasteiger partial charge is 0.506 e. The van der Waals surface area contributed by atoms with Crippen LogP contribution in [0.4, 0.5) is 15.0 Å². The second-order valence-corrected chi connectivity index (χ2v) is 5.97. The van der Waals surface area contributed by atoms with Crippen molar-refractivity contribution >= 4 is 11.9 Å². The first-order chi connectivity index (χ1) is 12.6. The van der Waals surface area contributed by atoms with Gasteiger partial charge in [0.05, 0.1) is 6.20 Å². The molecule has 1 heterocycles. The smallest absolute Gasteiger partial charge is 0.412 e. The van der Waals surface area contributed by atoms with Crippen molar-refractivity contribution in [1.29, 1.82) is 0 Å². The van der Waals surface area contributed by atoms with Crippen LogP contribution in [-0.4, -0.2) is 22.8 Å². The van der Waals surface area contributed by atoms with Gasteiger partial charge in [0.1, 0.15) is 12.4 Å². The van der Waals surface area contributed by atoms with Crippen LogP contribution in [0.1, 0.15) is 17.0 Å². The Morgan fingerprint density at radius 2 is 1.73 bits per heavy atom. The Morgan fingerprint density at radius 3 is 2.35 bits per heavy atom. The maximum atomic E-state index is 13.7. The maximum Gasteiger partial charge on any atom is 0.412 e. The van der Waals surface area contributed by atoms with Gasteiger partial charge in [0.15, 0.2) is 11.6 Å². The second-order valence-electron chi connectivity index (χ2n) is 5.97. The first-order valence-corrected chi connectivity index (χ1v) is 8.10. The van der Waals surface area contributed by atoms with E-state index < -0.39 is 11.9 Å². The molecule has 0 aliphatic heterocycles. The number of benzene rings is 2. The van der Waals surface area contributed by atoms with Crippen molar-refractivity contribution in [2.75, 3.05) is 11.9 Å². The van der Waals surface area contributed by atoms with Crippen LogP contribution in [0.2, 0.25) is 0 Å². The van der Waals surface area contributed by atoms with Gasteiger partial charge in [0, 0.05) is 12.0 Å². The number of rotatable bonds is 3. The van der Waals surface area contributed by atoms with E-state index in [4.69, 9.17) is 9.84 Å². The zero-order valence-electron chi connectivity index (χ0n) is 13.6. The number of hydrogen-bond donors (Lipinski definition) is 2. The Morgan fingerprint density at radius 1 is 1.12 bits per heavy atom. The fourth-order valence-corrected chi connectivity index (χ4v) is 3.25. The number of carbonyl (C=O) groups is 1. The summed E-state index contributed by atoms with van der Waals surface area (Å²) in [4.78, 5) is 15.7. The van der Waals surface area contributed by atoms with Gasteiger partial charge >= 0.3 is 6.09 Å². The molecule has 0 fully saturated rings. The van der Waals surface area contributed by atoms with Gasteiger partial charge in [-0.05, 0) is 22.3 Å². The molecule has 1 aliphatic rings. The van der Waals surface area contributed by atoms with E-state index in [2.05, 4.69) is 10.3 Å². The molecule has 0 saturated heterocycles. The summed E-state index contributed by atoms with van der Waals surface area (Å²) in [5.41, 5.74) is 4.44. The van der Waals surface area contributed by atoms with Gasteiger partial charge in [-0.15, -0.1) is 0 Å². The molecular formula is C20H15FN2O3. The number of ether oxygens (including phenoxy) is 1. The number of nitrogens with zero attached hydrogens (tertiary/aromatic N) is 1. The number of pyridine rings is 1. The van der Waals surface area contributed by atoms with Gasteiger partial charge in [-0.1, -0.05) is 48.5 Å². The third-order valence-corrected chi connectivity index (χ3v) is 4.39. The minimum atomic E-state index is -0.835. The summed E-state index contributed by atoms with van der Waals surface area (Å²) in [6.07, 6.45) is 0.242. The monoisotopic (exact) mass is 350 g/mol. The summed E-state index contributed by atoms with van der Waals surface area (Å²) in [7, 11) is 0. The fourth-order valence-electron chi connectivity index (χ4n) is 3.25. The highest BCUT2D eigenvalue weighted by Gasteiger charge is 2.29. The van der Waals surface area contributed by atoms with E-state index in [0.717, 1.165) is 34.5 Å². The highest BCUT2D eigenvalue weighted by atomic mass is 19.1. The van der Waals surface area contributed by atoms with E-state index in [1.165, 1.54) is 0 Å². The lowest BCUT2D eigenvalue weighted by Crippen LogP contribution is -2.19. The van der Waals surface area contributed by atoms with Crippen LogP contribution in [0.3, 0.4) is 0 Å². The number of aromatic hydroxyl groups is 1. The first-order valence-electron chi connectivity index (χ1n) is 8.10. The molecule has 0 unspecified atom stereocenters. The number of nitrogens with one attached hydrogen (secondary N) is 1. The van der Waals surface area contributed by atoms with E-state index in [9.17, 15) is 9.18 Å². The van der Waals surface area contributed by atoms with Crippen molar-refractivity contribution in [3.63, 3.8) is 0 Å². The standard InChI is InChI=1S/C20H15FN2O3/c21-18-9-12(24)10-22-19(18)23-20(25)26-11-17-15-7-3-1-5-13(15)14-6-2-4-8-16(14)17/h1-10,17,24H,11H2,(H,22,23,25). The van der Waals surface area contributed by atoms with Crippen molar-refractivity contribution in [2.45, 2.75) is 5.92 Å². The second kappa shape index (κ2) is 6.48. The van der Waals surface area contributed by atoms with Gasteiger partial charge in [-0.2, -0.15) is 0 Å². The molecule has 1 amide bonds. The molecule has 1 aromatic heterocycles. The highest BCUT2D eigenvalue weighted by Crippen LogP contribution is 2.44. The van der Waals surface area contributed by atoms with Crippen molar-refractivity contribution in [1.82, 2.24) is 4.98 Å². The predicted octanol–water partition coefficient (Wildman–Crippen LogP) is 4.29. The molecule has 2 aromatic carbocycles. The van der Waals surface area contributed by atoms with Crippen molar-refractivity contribution < 1.29 is 19.0 Å². The normalized spacial score (nSPS) is 12.3. The zero-order chi connectivity index (χ0) is 18.1. The molecule has 26 heavy (non-hydrogen) atoms. The van der Waals surface area contributed by atoms with Crippen LogP contribution in [0.15, 0.2) is 60.8 Å². The summed E-state index contributed by atoms with van der Waals surface area (Å²) >= 11 is 0. The summed E-state index contributed by atoms with van der Waals surface area (Å²) in [6, 6.07) is 16.8. The van der Waals surface area contributed by atoms with Crippen LogP contribution in [-0.2, 0) is 4.74 Å². The number of carbonyl (C=O) groups excluding carboxylic acids is 1. The van der Waals surface area contributed by atoms with E-state index in [1.807, 2.05) is 48.5 Å². The number of fused-ring (bicyclic) bond motifs is 3. The number of halogens is 1. The maximum absolute atomic E-state index is 13.7. The Labute approximate surface area is 149 Å².